The van der Waals surface area contributed by atoms with E-state index in [1.54, 1.807) is 10.9 Å². The molecule has 0 saturated heterocycles. The highest BCUT2D eigenvalue weighted by Crippen LogP contribution is 2.14. The van der Waals surface area contributed by atoms with Gasteiger partial charge in [0.25, 0.3) is 0 Å². The minimum Gasteiger partial charge on any atom is -0.275 e. The minimum atomic E-state index is -0.602. The van der Waals surface area contributed by atoms with E-state index in [1.807, 2.05) is 0 Å². The molecule has 0 atom stereocenters. The summed E-state index contributed by atoms with van der Waals surface area (Å²) in [5.41, 5.74) is 3.48. The van der Waals surface area contributed by atoms with E-state index in [9.17, 15) is 4.79 Å². The zero-order chi connectivity index (χ0) is 7.11. The second-order valence-electron chi connectivity index (χ2n) is 1.68. The third-order valence-electron chi connectivity index (χ3n) is 0.616. The van der Waals surface area contributed by atoms with E-state index >= 15 is 0 Å². The van der Waals surface area contributed by atoms with Gasteiger partial charge in [0, 0.05) is 0 Å². The highest BCUT2D eigenvalue weighted by atomic mass is 16.2. The lowest BCUT2D eigenvalue weighted by molar-refractivity contribution is 0.241. The van der Waals surface area contributed by atoms with Gasteiger partial charge in [-0.1, -0.05) is 19.3 Å². The molecule has 0 spiro atoms. The van der Waals surface area contributed by atoms with Crippen molar-refractivity contribution in [3.05, 3.63) is 0 Å². The normalized spacial score (nSPS) is 12.7. The maximum absolute atomic E-state index is 9.71. The molecule has 0 aromatic heterocycles. The number of nitrogens with one attached hydrogen (secondary N) is 2. The number of amides is 2. The van der Waals surface area contributed by atoms with Crippen molar-refractivity contribution in [3.63, 3.8) is 0 Å². The van der Waals surface area contributed by atoms with E-state index in [4.69, 9.17) is 0 Å². The lowest BCUT2D eigenvalue weighted by atomic mass is 11.0. The zero-order valence-electron chi connectivity index (χ0n) is 5.18. The molecule has 0 aromatic carbocycles. The highest BCUT2D eigenvalue weighted by Gasteiger charge is 1.95. The molecule has 54 valence electrons. The summed E-state index contributed by atoms with van der Waals surface area (Å²) in [5, 5.41) is 0. The van der Waals surface area contributed by atoms with Gasteiger partial charge in [0.05, 0.1) is 0 Å². The van der Waals surface area contributed by atoms with E-state index in [2.05, 4.69) is 11.7 Å². The average Bonchev–Trinajstić information content (AvgIpc) is 2.70. The van der Waals surface area contributed by atoms with Gasteiger partial charge in [-0.2, -0.15) is 0 Å². The number of urea groups is 1. The van der Waals surface area contributed by atoms with Crippen molar-refractivity contribution >= 4 is 6.03 Å². The van der Waals surface area contributed by atoms with Crippen molar-refractivity contribution in [2.75, 3.05) is 0 Å². The molecular weight excluding hydrogens is 120 g/mol. The Morgan fingerprint density at radius 2 is 1.44 bits per heavy atom. The fraction of sp³-hybridized carbons (Fsp3) is 0.750. The monoisotopic (exact) mass is 132 g/mol. The van der Waals surface area contributed by atoms with Crippen molar-refractivity contribution in [1.29, 1.82) is 0 Å². The zero-order valence-corrected chi connectivity index (χ0v) is 5.18. The molecule has 0 bridgehead atoms. The fourth-order valence-corrected chi connectivity index (χ4v) is 0.0417. The van der Waals surface area contributed by atoms with Crippen molar-refractivity contribution in [1.82, 2.24) is 10.9 Å². The van der Waals surface area contributed by atoms with Crippen molar-refractivity contribution < 1.29 is 4.79 Å². The molecule has 5 heteroatoms. The number of hydrogen-bond acceptors (Lipinski definition) is 3. The van der Waals surface area contributed by atoms with Gasteiger partial charge in [0.1, 0.15) is 0 Å². The largest absolute Gasteiger partial charge is 0.343 e. The standard InChI is InChI=1S/C3H6.CH6N4O/c1-2-3-1;2-4-1(6)5-3/h1-3H2;2-3H2,(H2,4,5,6). The summed E-state index contributed by atoms with van der Waals surface area (Å²) in [6.07, 6.45) is 4.50. The molecule has 2 amide bonds. The lowest BCUT2D eigenvalue weighted by Gasteiger charge is -1.90. The summed E-state index contributed by atoms with van der Waals surface area (Å²) < 4.78 is 0. The smallest absolute Gasteiger partial charge is 0.275 e. The Labute approximate surface area is 53.7 Å². The molecule has 0 radical (unpaired) electrons. The van der Waals surface area contributed by atoms with Crippen molar-refractivity contribution in [3.8, 4) is 0 Å². The van der Waals surface area contributed by atoms with Crippen LogP contribution in [0.3, 0.4) is 0 Å². The molecule has 0 aromatic rings. The van der Waals surface area contributed by atoms with Crippen LogP contribution in [0.5, 0.6) is 0 Å². The molecule has 0 aliphatic heterocycles. The Morgan fingerprint density at radius 3 is 1.44 bits per heavy atom. The molecule has 1 aliphatic rings. The van der Waals surface area contributed by atoms with Crippen LogP contribution < -0.4 is 22.5 Å². The molecule has 1 fully saturated rings. The van der Waals surface area contributed by atoms with Gasteiger partial charge in [0.2, 0.25) is 0 Å². The van der Waals surface area contributed by atoms with Crippen LogP contribution >= 0.6 is 0 Å². The SMILES string of the molecule is C1CC1.NNC(=O)NN. The maximum Gasteiger partial charge on any atom is 0.343 e. The van der Waals surface area contributed by atoms with Gasteiger partial charge in [-0.25, -0.2) is 16.5 Å². The average molecular weight is 132 g/mol. The molecule has 5 nitrogen and oxygen atoms in total. The first kappa shape index (κ1) is 8.19. The Hall–Kier alpha value is -0.810. The molecule has 1 saturated carbocycles. The summed E-state index contributed by atoms with van der Waals surface area (Å²) in [4.78, 5) is 9.71. The number of hydrazine groups is 2. The molecule has 1 rings (SSSR count). The predicted molar refractivity (Wildman–Crippen MR) is 33.9 cm³/mol. The first-order valence-electron chi connectivity index (χ1n) is 2.78. The predicted octanol–water partition coefficient (Wildman–Crippen LogP) is -0.797. The second kappa shape index (κ2) is 5.33. The topological polar surface area (TPSA) is 93.2 Å². The fourth-order valence-electron chi connectivity index (χ4n) is 0.0417. The van der Waals surface area contributed by atoms with Crippen LogP contribution in [-0.2, 0) is 0 Å². The van der Waals surface area contributed by atoms with E-state index in [-0.39, 0.29) is 0 Å². The summed E-state index contributed by atoms with van der Waals surface area (Å²) in [6, 6.07) is -0.602. The van der Waals surface area contributed by atoms with Crippen LogP contribution in [0.25, 0.3) is 0 Å². The molecular formula is C4H12N4O. The van der Waals surface area contributed by atoms with Gasteiger partial charge in [0.15, 0.2) is 0 Å². The van der Waals surface area contributed by atoms with E-state index in [1.165, 1.54) is 19.3 Å². The maximum atomic E-state index is 9.71. The number of carbonyl (C=O) groups excluding carboxylic acids is 1. The van der Waals surface area contributed by atoms with E-state index in [0.717, 1.165) is 0 Å². The Balaban J connectivity index is 0.000000173. The third-order valence-corrected chi connectivity index (χ3v) is 0.616. The lowest BCUT2D eigenvalue weighted by Crippen LogP contribution is -2.43. The van der Waals surface area contributed by atoms with Crippen LogP contribution in [-0.4, -0.2) is 6.03 Å². The Kier molecular flexibility index (Phi) is 4.85. The number of nitrogens with two attached hydrogens (primary N) is 2. The van der Waals surface area contributed by atoms with Crippen LogP contribution in [0.15, 0.2) is 0 Å². The number of carbonyl (C=O) groups is 1. The van der Waals surface area contributed by atoms with E-state index in [0.29, 0.717) is 0 Å². The van der Waals surface area contributed by atoms with E-state index < -0.39 is 6.03 Å². The van der Waals surface area contributed by atoms with Gasteiger partial charge in [-0.15, -0.1) is 0 Å². The Bertz CT molecular complexity index is 73.9. The molecule has 1 aliphatic carbocycles. The summed E-state index contributed by atoms with van der Waals surface area (Å²) >= 11 is 0. The second-order valence-corrected chi connectivity index (χ2v) is 1.68. The number of rotatable bonds is 0. The third kappa shape index (κ3) is 11.0. The molecule has 0 heterocycles. The number of hydrogen-bond donors (Lipinski definition) is 4. The van der Waals surface area contributed by atoms with Crippen molar-refractivity contribution in [2.24, 2.45) is 11.7 Å². The van der Waals surface area contributed by atoms with Crippen LogP contribution in [0, 0.1) is 0 Å². The van der Waals surface area contributed by atoms with Crippen LogP contribution in [0.4, 0.5) is 4.79 Å². The molecule has 9 heavy (non-hydrogen) atoms. The first-order chi connectivity index (χ1) is 4.31. The van der Waals surface area contributed by atoms with Gasteiger partial charge in [-0.3, -0.25) is 10.9 Å². The quantitative estimate of drug-likeness (QED) is 0.197. The van der Waals surface area contributed by atoms with Crippen LogP contribution in [0.2, 0.25) is 0 Å². The molecule has 0 unspecified atom stereocenters. The Morgan fingerprint density at radius 1 is 1.11 bits per heavy atom. The summed E-state index contributed by atoms with van der Waals surface area (Å²) in [5.74, 6) is 9.08. The van der Waals surface area contributed by atoms with Crippen molar-refractivity contribution in [2.45, 2.75) is 19.3 Å². The summed E-state index contributed by atoms with van der Waals surface area (Å²) in [6.45, 7) is 0. The van der Waals surface area contributed by atoms with Gasteiger partial charge < -0.3 is 0 Å². The first-order valence-corrected chi connectivity index (χ1v) is 2.78. The minimum absolute atomic E-state index is 0.602. The highest BCUT2D eigenvalue weighted by molar-refractivity contribution is 5.72. The molecule has 6 N–H and O–H groups in total. The van der Waals surface area contributed by atoms with Gasteiger partial charge >= 0.3 is 6.03 Å². The van der Waals surface area contributed by atoms with Crippen LogP contribution in [0.1, 0.15) is 19.3 Å². The summed E-state index contributed by atoms with van der Waals surface area (Å²) in [7, 11) is 0. The van der Waals surface area contributed by atoms with Gasteiger partial charge in [-0.05, 0) is 0 Å².